The van der Waals surface area contributed by atoms with E-state index in [0.29, 0.717) is 0 Å². The Morgan fingerprint density at radius 3 is 2.24 bits per heavy atom. The van der Waals surface area contributed by atoms with Crippen LogP contribution in [0.3, 0.4) is 0 Å². The maximum atomic E-state index is 10.5. The molecule has 6 nitrogen and oxygen atoms in total. The number of hydrogen-bond acceptors (Lipinski definition) is 3. The van der Waals surface area contributed by atoms with Crippen LogP contribution in [0, 0.1) is 20.8 Å². The Morgan fingerprint density at radius 2 is 1.67 bits per heavy atom. The highest BCUT2D eigenvalue weighted by atomic mass is 32.2. The summed E-state index contributed by atoms with van der Waals surface area (Å²) in [6, 6.07) is 16.4. The van der Waals surface area contributed by atoms with E-state index in [-0.39, 0.29) is 4.90 Å². The van der Waals surface area contributed by atoms with Gasteiger partial charge in [-0.15, -0.1) is 0 Å². The summed E-state index contributed by atoms with van der Waals surface area (Å²) >= 11 is 0. The standard InChI is InChI=1S/C19H23N2O.C7H8O3S/c1-5-20-14(3)13-16(15(20)4)11-12-19-21(6-2)17-9-7-8-10-18(17)22-19;1-6-2-4-7(5-3-6)11(8,9)10/h7-13H,5-6H2,1-4H3;2-5H,1H3,(H,8,9,10)/q+1;. The lowest BCUT2D eigenvalue weighted by molar-refractivity contribution is -0.674. The van der Waals surface area contributed by atoms with E-state index in [1.165, 1.54) is 29.1 Å². The van der Waals surface area contributed by atoms with Gasteiger partial charge in [-0.05, 0) is 70.5 Å². The number of nitrogens with zero attached hydrogens (tertiary/aromatic N) is 2. The molecular formula is C26H31N2O4S+. The molecule has 0 saturated carbocycles. The molecule has 33 heavy (non-hydrogen) atoms. The molecule has 0 aliphatic rings. The Kier molecular flexibility index (Phi) is 7.56. The normalized spacial score (nSPS) is 11.7. The topological polar surface area (TPSA) is 76.3 Å². The summed E-state index contributed by atoms with van der Waals surface area (Å²) in [5, 5.41) is 0. The van der Waals surface area contributed by atoms with Crippen molar-refractivity contribution in [3.05, 3.63) is 83.0 Å². The van der Waals surface area contributed by atoms with Gasteiger partial charge >= 0.3 is 5.89 Å². The number of para-hydroxylation sites is 2. The van der Waals surface area contributed by atoms with Crippen LogP contribution in [0.4, 0.5) is 0 Å². The third-order valence-electron chi connectivity index (χ3n) is 5.61. The van der Waals surface area contributed by atoms with Gasteiger partial charge in [0.05, 0.1) is 11.0 Å². The maximum Gasteiger partial charge on any atom is 0.374 e. The van der Waals surface area contributed by atoms with Crippen LogP contribution in [0.1, 0.15) is 42.3 Å². The van der Waals surface area contributed by atoms with E-state index in [9.17, 15) is 8.42 Å². The first kappa shape index (κ1) is 24.5. The molecular weight excluding hydrogens is 436 g/mol. The molecule has 0 saturated heterocycles. The van der Waals surface area contributed by atoms with Crippen molar-refractivity contribution in [2.45, 2.75) is 52.6 Å². The number of aryl methyl sites for hydroxylation is 3. The SMILES string of the molecule is CCn1c(C)cc(/C=C/c2oc3ccccc3[n+]2CC)c1C.Cc1ccc(S(=O)(=O)O)cc1. The molecule has 0 spiro atoms. The number of oxazole rings is 1. The Balaban J connectivity index is 0.000000235. The van der Waals surface area contributed by atoms with Gasteiger partial charge in [-0.25, -0.2) is 0 Å². The fraction of sp³-hybridized carbons (Fsp3) is 0.269. The van der Waals surface area contributed by atoms with Gasteiger partial charge in [0.15, 0.2) is 0 Å². The van der Waals surface area contributed by atoms with Crippen molar-refractivity contribution in [3.63, 3.8) is 0 Å². The summed E-state index contributed by atoms with van der Waals surface area (Å²) in [7, 11) is -4.02. The summed E-state index contributed by atoms with van der Waals surface area (Å²) < 4.78 is 40.1. The molecule has 0 aliphatic carbocycles. The number of aromatic nitrogens is 2. The highest BCUT2D eigenvalue weighted by Gasteiger charge is 2.18. The Morgan fingerprint density at radius 1 is 1.00 bits per heavy atom. The van der Waals surface area contributed by atoms with E-state index < -0.39 is 10.1 Å². The van der Waals surface area contributed by atoms with Crippen LogP contribution in [0.25, 0.3) is 23.3 Å². The molecule has 0 radical (unpaired) electrons. The monoisotopic (exact) mass is 467 g/mol. The van der Waals surface area contributed by atoms with Crippen LogP contribution in [-0.2, 0) is 23.2 Å². The van der Waals surface area contributed by atoms with Gasteiger partial charge in [-0.3, -0.25) is 4.55 Å². The second-order valence-corrected chi connectivity index (χ2v) is 9.27. The van der Waals surface area contributed by atoms with E-state index in [1.54, 1.807) is 12.1 Å². The molecule has 0 fully saturated rings. The van der Waals surface area contributed by atoms with Gasteiger partial charge in [-0.1, -0.05) is 29.8 Å². The van der Waals surface area contributed by atoms with Gasteiger partial charge in [0.2, 0.25) is 5.58 Å². The zero-order valence-electron chi connectivity index (χ0n) is 19.7. The minimum Gasteiger partial charge on any atom is -0.398 e. The average Bonchev–Trinajstić information content (AvgIpc) is 3.27. The van der Waals surface area contributed by atoms with Gasteiger partial charge < -0.3 is 8.98 Å². The quantitative estimate of drug-likeness (QED) is 0.307. The molecule has 4 rings (SSSR count). The van der Waals surface area contributed by atoms with Crippen LogP contribution in [0.15, 0.2) is 63.9 Å². The molecule has 4 aromatic rings. The third-order valence-corrected chi connectivity index (χ3v) is 6.47. The molecule has 0 bridgehead atoms. The van der Waals surface area contributed by atoms with Crippen molar-refractivity contribution in [1.82, 2.24) is 4.57 Å². The first-order valence-corrected chi connectivity index (χ1v) is 12.4. The first-order valence-electron chi connectivity index (χ1n) is 11.0. The third kappa shape index (κ3) is 5.61. The van der Waals surface area contributed by atoms with E-state index in [0.717, 1.165) is 35.6 Å². The second kappa shape index (κ2) is 10.2. The minimum atomic E-state index is -4.02. The van der Waals surface area contributed by atoms with E-state index in [2.05, 4.69) is 61.1 Å². The predicted octanol–water partition coefficient (Wildman–Crippen LogP) is 5.59. The number of rotatable bonds is 5. The van der Waals surface area contributed by atoms with Crippen molar-refractivity contribution in [3.8, 4) is 0 Å². The molecule has 0 amide bonds. The molecule has 2 aromatic heterocycles. The van der Waals surface area contributed by atoms with Gasteiger partial charge in [0.25, 0.3) is 15.6 Å². The molecule has 7 heteroatoms. The first-order chi connectivity index (χ1) is 15.7. The van der Waals surface area contributed by atoms with E-state index in [1.807, 2.05) is 25.1 Å². The van der Waals surface area contributed by atoms with Crippen molar-refractivity contribution in [1.29, 1.82) is 0 Å². The summed E-state index contributed by atoms with van der Waals surface area (Å²) in [5.41, 5.74) is 6.88. The fourth-order valence-corrected chi connectivity index (χ4v) is 4.34. The lowest BCUT2D eigenvalue weighted by atomic mass is 10.2. The van der Waals surface area contributed by atoms with Crippen molar-refractivity contribution < 1.29 is 22.0 Å². The molecule has 0 aliphatic heterocycles. The highest BCUT2D eigenvalue weighted by molar-refractivity contribution is 7.85. The summed E-state index contributed by atoms with van der Waals surface area (Å²) in [6.07, 6.45) is 4.23. The van der Waals surface area contributed by atoms with Crippen LogP contribution in [0.5, 0.6) is 0 Å². The Bertz CT molecular complexity index is 1380. The molecule has 0 atom stereocenters. The summed E-state index contributed by atoms with van der Waals surface area (Å²) in [4.78, 5) is -0.0666. The zero-order valence-corrected chi connectivity index (χ0v) is 20.6. The van der Waals surface area contributed by atoms with Gasteiger partial charge in [0, 0.05) is 24.0 Å². The lowest BCUT2D eigenvalue weighted by Crippen LogP contribution is -2.33. The van der Waals surface area contributed by atoms with Crippen LogP contribution in [-0.4, -0.2) is 17.5 Å². The Labute approximate surface area is 195 Å². The zero-order chi connectivity index (χ0) is 24.2. The smallest absolute Gasteiger partial charge is 0.374 e. The predicted molar refractivity (Wildman–Crippen MR) is 132 cm³/mol. The van der Waals surface area contributed by atoms with Crippen molar-refractivity contribution in [2.75, 3.05) is 0 Å². The number of fused-ring (bicyclic) bond motifs is 1. The van der Waals surface area contributed by atoms with Crippen LogP contribution >= 0.6 is 0 Å². The lowest BCUT2D eigenvalue weighted by Gasteiger charge is -2.04. The van der Waals surface area contributed by atoms with Crippen LogP contribution in [0.2, 0.25) is 0 Å². The molecule has 2 aromatic carbocycles. The van der Waals surface area contributed by atoms with Gasteiger partial charge in [-0.2, -0.15) is 13.0 Å². The average molecular weight is 468 g/mol. The molecule has 1 N–H and O–H groups in total. The highest BCUT2D eigenvalue weighted by Crippen LogP contribution is 2.19. The fourth-order valence-electron chi connectivity index (χ4n) is 3.86. The van der Waals surface area contributed by atoms with Gasteiger partial charge in [0.1, 0.15) is 6.54 Å². The van der Waals surface area contributed by atoms with E-state index in [4.69, 9.17) is 8.97 Å². The summed E-state index contributed by atoms with van der Waals surface area (Å²) in [6.45, 7) is 12.4. The largest absolute Gasteiger partial charge is 0.398 e. The minimum absolute atomic E-state index is 0.0666. The Hall–Kier alpha value is -3.16. The molecule has 0 unspecified atom stereocenters. The van der Waals surface area contributed by atoms with Crippen molar-refractivity contribution in [2.24, 2.45) is 0 Å². The number of hydrogen-bond donors (Lipinski definition) is 1. The van der Waals surface area contributed by atoms with E-state index >= 15 is 0 Å². The van der Waals surface area contributed by atoms with Crippen molar-refractivity contribution >= 4 is 33.4 Å². The van der Waals surface area contributed by atoms with Crippen LogP contribution < -0.4 is 4.57 Å². The second-order valence-electron chi connectivity index (χ2n) is 7.84. The summed E-state index contributed by atoms with van der Waals surface area (Å²) in [5.74, 6) is 0.894. The molecule has 174 valence electrons. The molecule has 2 heterocycles. The maximum absolute atomic E-state index is 10.5. The number of benzene rings is 2.